The first-order valence-electron chi connectivity index (χ1n) is 8.25. The lowest BCUT2D eigenvalue weighted by Gasteiger charge is -2.08. The van der Waals surface area contributed by atoms with Crippen molar-refractivity contribution in [1.82, 2.24) is 4.98 Å². The van der Waals surface area contributed by atoms with Crippen LogP contribution in [0.15, 0.2) is 48.5 Å². The maximum absolute atomic E-state index is 12.8. The van der Waals surface area contributed by atoms with Gasteiger partial charge in [0, 0.05) is 0 Å². The van der Waals surface area contributed by atoms with E-state index in [1.54, 1.807) is 13.0 Å². The van der Waals surface area contributed by atoms with E-state index >= 15 is 0 Å². The molecule has 138 valence electrons. The fourth-order valence-electron chi connectivity index (χ4n) is 2.57. The van der Waals surface area contributed by atoms with Crippen molar-refractivity contribution in [3.05, 3.63) is 69.3 Å². The molecule has 0 atom stereocenters. The molecule has 1 heterocycles. The number of nitrogens with one attached hydrogen (secondary N) is 1. The molecule has 0 saturated carbocycles. The molecule has 1 aromatic heterocycles. The van der Waals surface area contributed by atoms with Crippen LogP contribution >= 0.6 is 11.3 Å². The van der Waals surface area contributed by atoms with Gasteiger partial charge in [0.05, 0.1) is 27.5 Å². The molecule has 0 spiro atoms. The predicted molar refractivity (Wildman–Crippen MR) is 105 cm³/mol. The Morgan fingerprint density at radius 1 is 1.26 bits per heavy atom. The van der Waals surface area contributed by atoms with Crippen LogP contribution in [-0.2, 0) is 0 Å². The smallest absolute Gasteiger partial charge is 0.296 e. The van der Waals surface area contributed by atoms with Gasteiger partial charge in [-0.05, 0) is 31.5 Å². The molecule has 3 aromatic rings. The zero-order valence-electron chi connectivity index (χ0n) is 14.8. The molecular weight excluding hydrogens is 366 g/mol. The molecule has 0 bridgehead atoms. The number of aromatic nitrogens is 1. The highest BCUT2D eigenvalue weighted by Crippen LogP contribution is 2.33. The number of nitro benzene ring substituents is 1. The van der Waals surface area contributed by atoms with E-state index in [0.29, 0.717) is 12.4 Å². The van der Waals surface area contributed by atoms with E-state index in [1.807, 2.05) is 37.3 Å². The van der Waals surface area contributed by atoms with Crippen LogP contribution in [0, 0.1) is 17.0 Å². The van der Waals surface area contributed by atoms with Crippen molar-refractivity contribution in [3.63, 3.8) is 0 Å². The fourth-order valence-corrected chi connectivity index (χ4v) is 3.49. The molecule has 0 saturated heterocycles. The summed E-state index contributed by atoms with van der Waals surface area (Å²) in [6.07, 6.45) is 0. The van der Waals surface area contributed by atoms with Gasteiger partial charge < -0.3 is 10.1 Å². The molecule has 0 aliphatic carbocycles. The van der Waals surface area contributed by atoms with Crippen molar-refractivity contribution >= 4 is 28.6 Å². The van der Waals surface area contributed by atoms with Crippen LogP contribution in [0.2, 0.25) is 0 Å². The van der Waals surface area contributed by atoms with E-state index in [0.717, 1.165) is 15.4 Å². The molecule has 27 heavy (non-hydrogen) atoms. The second kappa shape index (κ2) is 7.96. The molecule has 7 nitrogen and oxygen atoms in total. The molecule has 3 rings (SSSR count). The molecule has 1 N–H and O–H groups in total. The van der Waals surface area contributed by atoms with Crippen molar-refractivity contribution < 1.29 is 14.5 Å². The first kappa shape index (κ1) is 18.5. The van der Waals surface area contributed by atoms with Crippen molar-refractivity contribution in [2.24, 2.45) is 0 Å². The molecule has 0 fully saturated rings. The summed E-state index contributed by atoms with van der Waals surface area (Å²) in [5.74, 6) is -0.123. The van der Waals surface area contributed by atoms with Gasteiger partial charge in [-0.3, -0.25) is 14.9 Å². The number of carbonyl (C=O) groups is 1. The number of ether oxygens (including phenoxy) is 1. The minimum absolute atomic E-state index is 0.0955. The van der Waals surface area contributed by atoms with Crippen molar-refractivity contribution in [3.8, 4) is 16.2 Å². The van der Waals surface area contributed by atoms with E-state index in [4.69, 9.17) is 4.74 Å². The van der Waals surface area contributed by atoms with E-state index in [9.17, 15) is 14.9 Å². The Kier molecular flexibility index (Phi) is 5.46. The van der Waals surface area contributed by atoms with Gasteiger partial charge in [-0.1, -0.05) is 30.3 Å². The molecule has 8 heteroatoms. The molecule has 0 aliphatic heterocycles. The minimum atomic E-state index is -0.553. The highest BCUT2D eigenvalue weighted by Gasteiger charge is 2.22. The summed E-state index contributed by atoms with van der Waals surface area (Å²) in [5, 5.41) is 14.7. The number of nitrogens with zero attached hydrogens (tertiary/aromatic N) is 2. The summed E-state index contributed by atoms with van der Waals surface area (Å²) < 4.78 is 5.29. The molecular formula is C19H17N3O4S. The first-order valence-corrected chi connectivity index (χ1v) is 9.06. The van der Waals surface area contributed by atoms with Crippen LogP contribution < -0.4 is 10.1 Å². The standard InChI is InChI=1S/C19H17N3O4S/c1-3-26-14-9-10-15(16(11-14)22(24)25)21-19(23)17-18(27-12(2)20-17)13-7-5-4-6-8-13/h4-11H,3H2,1-2H3,(H,21,23). The summed E-state index contributed by atoms with van der Waals surface area (Å²) in [6.45, 7) is 3.99. The van der Waals surface area contributed by atoms with Gasteiger partial charge in [0.25, 0.3) is 11.6 Å². The van der Waals surface area contributed by atoms with Crippen LogP contribution in [0.1, 0.15) is 22.4 Å². The Labute approximate surface area is 159 Å². The van der Waals surface area contributed by atoms with Crippen LogP contribution in [-0.4, -0.2) is 22.4 Å². The van der Waals surface area contributed by atoms with E-state index in [2.05, 4.69) is 10.3 Å². The zero-order valence-corrected chi connectivity index (χ0v) is 15.6. The maximum atomic E-state index is 12.8. The number of carbonyl (C=O) groups excluding carboxylic acids is 1. The number of hydrogen-bond acceptors (Lipinski definition) is 6. The maximum Gasteiger partial charge on any atom is 0.296 e. The molecule has 0 aliphatic rings. The number of thiazole rings is 1. The third-order valence-electron chi connectivity index (χ3n) is 3.71. The Morgan fingerprint density at radius 3 is 2.67 bits per heavy atom. The number of benzene rings is 2. The second-order valence-electron chi connectivity index (χ2n) is 5.60. The highest BCUT2D eigenvalue weighted by molar-refractivity contribution is 7.15. The Hall–Kier alpha value is -3.26. The van der Waals surface area contributed by atoms with E-state index in [1.165, 1.54) is 23.5 Å². The average molecular weight is 383 g/mol. The van der Waals surface area contributed by atoms with Gasteiger partial charge in [0.1, 0.15) is 17.1 Å². The Balaban J connectivity index is 1.94. The number of rotatable bonds is 6. The van der Waals surface area contributed by atoms with Crippen LogP contribution in [0.25, 0.3) is 10.4 Å². The first-order chi connectivity index (χ1) is 13.0. The number of aryl methyl sites for hydroxylation is 1. The second-order valence-corrected chi connectivity index (χ2v) is 6.80. The van der Waals surface area contributed by atoms with Gasteiger partial charge in [-0.2, -0.15) is 0 Å². The van der Waals surface area contributed by atoms with Crippen molar-refractivity contribution in [1.29, 1.82) is 0 Å². The number of anilines is 1. The van der Waals surface area contributed by atoms with E-state index < -0.39 is 10.8 Å². The number of nitro groups is 1. The van der Waals surface area contributed by atoms with Gasteiger partial charge in [-0.25, -0.2) is 4.98 Å². The lowest BCUT2D eigenvalue weighted by molar-refractivity contribution is -0.384. The normalized spacial score (nSPS) is 10.4. The average Bonchev–Trinajstić information content (AvgIpc) is 3.05. The summed E-state index contributed by atoms with van der Waals surface area (Å²) in [4.78, 5) is 28.6. The van der Waals surface area contributed by atoms with Crippen LogP contribution in [0.3, 0.4) is 0 Å². The van der Waals surface area contributed by atoms with Gasteiger partial charge in [0.2, 0.25) is 0 Å². The summed E-state index contributed by atoms with van der Waals surface area (Å²) in [7, 11) is 0. The summed E-state index contributed by atoms with van der Waals surface area (Å²) >= 11 is 1.40. The van der Waals surface area contributed by atoms with Gasteiger partial charge in [-0.15, -0.1) is 11.3 Å². The molecule has 1 amide bonds. The van der Waals surface area contributed by atoms with Crippen LogP contribution in [0.5, 0.6) is 5.75 Å². The largest absolute Gasteiger partial charge is 0.494 e. The topological polar surface area (TPSA) is 94.4 Å². The van der Waals surface area contributed by atoms with E-state index in [-0.39, 0.29) is 17.1 Å². The monoisotopic (exact) mass is 383 g/mol. The lowest BCUT2D eigenvalue weighted by atomic mass is 10.1. The Bertz CT molecular complexity index is 986. The molecule has 2 aromatic carbocycles. The number of amides is 1. The highest BCUT2D eigenvalue weighted by atomic mass is 32.1. The van der Waals surface area contributed by atoms with Crippen LogP contribution in [0.4, 0.5) is 11.4 Å². The Morgan fingerprint density at radius 2 is 2.00 bits per heavy atom. The quantitative estimate of drug-likeness (QED) is 0.493. The predicted octanol–water partition coefficient (Wildman–Crippen LogP) is 4.68. The van der Waals surface area contributed by atoms with Crippen molar-refractivity contribution in [2.45, 2.75) is 13.8 Å². The minimum Gasteiger partial charge on any atom is -0.494 e. The van der Waals surface area contributed by atoms with Gasteiger partial charge >= 0.3 is 0 Å². The third-order valence-corrected chi connectivity index (χ3v) is 4.73. The SMILES string of the molecule is CCOc1ccc(NC(=O)c2nc(C)sc2-c2ccccc2)c([N+](=O)[O-])c1. The molecule has 0 radical (unpaired) electrons. The van der Waals surface area contributed by atoms with Gasteiger partial charge in [0.15, 0.2) is 0 Å². The number of hydrogen-bond donors (Lipinski definition) is 1. The summed E-state index contributed by atoms with van der Waals surface area (Å²) in [5.41, 5.74) is 0.974. The molecule has 0 unspecified atom stereocenters. The third kappa shape index (κ3) is 4.12. The fraction of sp³-hybridized carbons (Fsp3) is 0.158. The zero-order chi connectivity index (χ0) is 19.4. The summed E-state index contributed by atoms with van der Waals surface area (Å²) in [6, 6.07) is 13.8. The lowest BCUT2D eigenvalue weighted by Crippen LogP contribution is -2.14. The van der Waals surface area contributed by atoms with Crippen molar-refractivity contribution in [2.75, 3.05) is 11.9 Å².